The van der Waals surface area contributed by atoms with Crippen molar-refractivity contribution in [3.8, 4) is 0 Å². The summed E-state index contributed by atoms with van der Waals surface area (Å²) < 4.78 is 1.44. The van der Waals surface area contributed by atoms with E-state index in [0.29, 0.717) is 12.1 Å². The number of amides is 2. The van der Waals surface area contributed by atoms with Crippen LogP contribution in [0.25, 0.3) is 0 Å². The number of anilines is 1. The Morgan fingerprint density at radius 1 is 1.56 bits per heavy atom. The number of rotatable bonds is 5. The molecular weight excluding hydrogens is 234 g/mol. The maximum absolute atomic E-state index is 11.8. The van der Waals surface area contributed by atoms with Gasteiger partial charge in [0.1, 0.15) is 6.54 Å². The minimum atomic E-state index is -0.914. The fourth-order valence-electron chi connectivity index (χ4n) is 1.18. The highest BCUT2D eigenvalue weighted by molar-refractivity contribution is 5.97. The Hall–Kier alpha value is -1.89. The number of carbonyl (C=O) groups is 2. The molecule has 0 aliphatic heterocycles. The van der Waals surface area contributed by atoms with E-state index in [9.17, 15) is 9.59 Å². The van der Waals surface area contributed by atoms with Crippen molar-refractivity contribution >= 4 is 17.5 Å². The Morgan fingerprint density at radius 2 is 2.22 bits per heavy atom. The highest BCUT2D eigenvalue weighted by atomic mass is 16.2. The van der Waals surface area contributed by atoms with Crippen LogP contribution in [0.4, 0.5) is 5.69 Å². The maximum Gasteiger partial charge on any atom is 0.244 e. The van der Waals surface area contributed by atoms with Gasteiger partial charge in [-0.15, -0.1) is 0 Å². The zero-order valence-corrected chi connectivity index (χ0v) is 10.9. The second-order valence-corrected chi connectivity index (χ2v) is 4.32. The molecule has 1 aromatic rings. The van der Waals surface area contributed by atoms with Gasteiger partial charge in [0, 0.05) is 13.2 Å². The average molecular weight is 253 g/mol. The summed E-state index contributed by atoms with van der Waals surface area (Å²) in [6.45, 7) is 3.62. The molecule has 0 aliphatic rings. The van der Waals surface area contributed by atoms with Crippen LogP contribution in [0.3, 0.4) is 0 Å². The van der Waals surface area contributed by atoms with Crippen LogP contribution in [-0.2, 0) is 16.1 Å². The Balaban J connectivity index is 2.64. The number of nitrogens with one attached hydrogen (secondary N) is 2. The number of nitrogens with zero attached hydrogens (tertiary/aromatic N) is 2. The quantitative estimate of drug-likeness (QED) is 0.670. The standard InChI is InChI=1S/C11H19N5O2/c1-4-11(2,12)10(18)15-8-5-14-16(6-8)7-9(17)13-3/h5-6H,4,7,12H2,1-3H3,(H,13,17)(H,15,18). The molecule has 0 bridgehead atoms. The molecule has 1 heterocycles. The van der Waals surface area contributed by atoms with E-state index in [1.807, 2.05) is 6.92 Å². The smallest absolute Gasteiger partial charge is 0.244 e. The fourth-order valence-corrected chi connectivity index (χ4v) is 1.18. The van der Waals surface area contributed by atoms with E-state index in [4.69, 9.17) is 5.73 Å². The van der Waals surface area contributed by atoms with Crippen molar-refractivity contribution in [1.29, 1.82) is 0 Å². The lowest BCUT2D eigenvalue weighted by Crippen LogP contribution is -2.47. The summed E-state index contributed by atoms with van der Waals surface area (Å²) in [5, 5.41) is 9.12. The summed E-state index contributed by atoms with van der Waals surface area (Å²) in [7, 11) is 1.55. The minimum Gasteiger partial charge on any atom is -0.358 e. The molecule has 7 nitrogen and oxygen atoms in total. The van der Waals surface area contributed by atoms with Crippen LogP contribution >= 0.6 is 0 Å². The third-order valence-electron chi connectivity index (χ3n) is 2.73. The van der Waals surface area contributed by atoms with Gasteiger partial charge in [0.25, 0.3) is 0 Å². The van der Waals surface area contributed by atoms with Crippen molar-refractivity contribution in [1.82, 2.24) is 15.1 Å². The first kappa shape index (κ1) is 14.2. The highest BCUT2D eigenvalue weighted by Gasteiger charge is 2.26. The van der Waals surface area contributed by atoms with Crippen LogP contribution in [0.15, 0.2) is 12.4 Å². The third-order valence-corrected chi connectivity index (χ3v) is 2.73. The zero-order valence-electron chi connectivity index (χ0n) is 10.9. The Kier molecular flexibility index (Phi) is 4.43. The lowest BCUT2D eigenvalue weighted by molar-refractivity contribution is -0.121. The molecule has 0 saturated carbocycles. The van der Waals surface area contributed by atoms with E-state index >= 15 is 0 Å². The third kappa shape index (κ3) is 3.56. The van der Waals surface area contributed by atoms with Crippen molar-refractivity contribution in [3.63, 3.8) is 0 Å². The van der Waals surface area contributed by atoms with Gasteiger partial charge >= 0.3 is 0 Å². The van der Waals surface area contributed by atoms with E-state index in [1.54, 1.807) is 20.2 Å². The number of carbonyl (C=O) groups excluding carboxylic acids is 2. The Morgan fingerprint density at radius 3 is 2.78 bits per heavy atom. The molecule has 1 atom stereocenters. The maximum atomic E-state index is 11.8. The van der Waals surface area contributed by atoms with Crippen LogP contribution in [0, 0.1) is 0 Å². The van der Waals surface area contributed by atoms with E-state index < -0.39 is 5.54 Å². The van der Waals surface area contributed by atoms with Gasteiger partial charge in [0.2, 0.25) is 11.8 Å². The van der Waals surface area contributed by atoms with Crippen molar-refractivity contribution in [2.45, 2.75) is 32.4 Å². The predicted molar refractivity (Wildman–Crippen MR) is 67.8 cm³/mol. The van der Waals surface area contributed by atoms with Gasteiger partial charge in [0.05, 0.1) is 17.4 Å². The van der Waals surface area contributed by atoms with Gasteiger partial charge < -0.3 is 16.4 Å². The highest BCUT2D eigenvalue weighted by Crippen LogP contribution is 2.11. The molecule has 0 spiro atoms. The first-order valence-corrected chi connectivity index (χ1v) is 5.72. The van der Waals surface area contributed by atoms with Crippen LogP contribution < -0.4 is 16.4 Å². The van der Waals surface area contributed by atoms with Crippen molar-refractivity contribution in [2.75, 3.05) is 12.4 Å². The number of nitrogens with two attached hydrogens (primary N) is 1. The molecule has 0 fully saturated rings. The number of hydrogen-bond acceptors (Lipinski definition) is 4. The van der Waals surface area contributed by atoms with Gasteiger partial charge in [-0.1, -0.05) is 6.92 Å². The monoisotopic (exact) mass is 253 g/mol. The summed E-state index contributed by atoms with van der Waals surface area (Å²) >= 11 is 0. The topological polar surface area (TPSA) is 102 Å². The summed E-state index contributed by atoms with van der Waals surface area (Å²) in [6, 6.07) is 0. The first-order valence-electron chi connectivity index (χ1n) is 5.72. The van der Waals surface area contributed by atoms with Crippen LogP contribution in [-0.4, -0.2) is 34.2 Å². The lowest BCUT2D eigenvalue weighted by Gasteiger charge is -2.20. The van der Waals surface area contributed by atoms with Crippen molar-refractivity contribution in [3.05, 3.63) is 12.4 Å². The fraction of sp³-hybridized carbons (Fsp3) is 0.545. The Labute approximate surface area is 106 Å². The van der Waals surface area contributed by atoms with Gasteiger partial charge in [-0.25, -0.2) is 0 Å². The normalized spacial score (nSPS) is 13.8. The SMILES string of the molecule is CCC(C)(N)C(=O)Nc1cnn(CC(=O)NC)c1. The van der Waals surface area contributed by atoms with Crippen molar-refractivity contribution in [2.24, 2.45) is 5.73 Å². The molecule has 18 heavy (non-hydrogen) atoms. The second kappa shape index (κ2) is 5.63. The molecule has 1 aromatic heterocycles. The molecular formula is C11H19N5O2. The largest absolute Gasteiger partial charge is 0.358 e. The summed E-state index contributed by atoms with van der Waals surface area (Å²) in [6.07, 6.45) is 3.59. The van der Waals surface area contributed by atoms with Crippen LogP contribution in [0.5, 0.6) is 0 Å². The molecule has 100 valence electrons. The molecule has 7 heteroatoms. The summed E-state index contributed by atoms with van der Waals surface area (Å²) in [4.78, 5) is 22.9. The van der Waals surface area contributed by atoms with E-state index in [0.717, 1.165) is 0 Å². The first-order chi connectivity index (χ1) is 8.39. The van der Waals surface area contributed by atoms with E-state index in [-0.39, 0.29) is 18.4 Å². The molecule has 0 saturated heterocycles. The zero-order chi connectivity index (χ0) is 13.8. The summed E-state index contributed by atoms with van der Waals surface area (Å²) in [5.74, 6) is -0.433. The van der Waals surface area contributed by atoms with Gasteiger partial charge in [-0.05, 0) is 13.3 Å². The van der Waals surface area contributed by atoms with Gasteiger partial charge in [-0.3, -0.25) is 14.3 Å². The van der Waals surface area contributed by atoms with Crippen LogP contribution in [0.1, 0.15) is 20.3 Å². The van der Waals surface area contributed by atoms with Crippen LogP contribution in [0.2, 0.25) is 0 Å². The molecule has 4 N–H and O–H groups in total. The number of hydrogen-bond donors (Lipinski definition) is 3. The molecule has 2 amide bonds. The summed E-state index contributed by atoms with van der Waals surface area (Å²) in [5.41, 5.74) is 5.42. The second-order valence-electron chi connectivity index (χ2n) is 4.32. The van der Waals surface area contributed by atoms with Crippen molar-refractivity contribution < 1.29 is 9.59 Å². The van der Waals surface area contributed by atoms with Gasteiger partial charge in [0.15, 0.2) is 0 Å². The predicted octanol–water partition coefficient (Wildman–Crippen LogP) is -0.305. The molecule has 0 aromatic carbocycles. The molecule has 1 unspecified atom stereocenters. The van der Waals surface area contributed by atoms with Gasteiger partial charge in [-0.2, -0.15) is 5.10 Å². The Bertz CT molecular complexity index is 438. The average Bonchev–Trinajstić information content (AvgIpc) is 2.76. The minimum absolute atomic E-state index is 0.111. The molecule has 0 radical (unpaired) electrons. The van der Waals surface area contributed by atoms with E-state index in [2.05, 4.69) is 15.7 Å². The van der Waals surface area contributed by atoms with E-state index in [1.165, 1.54) is 10.9 Å². The lowest BCUT2D eigenvalue weighted by atomic mass is 10.00. The molecule has 1 rings (SSSR count). The number of likely N-dealkylation sites (N-methyl/N-ethyl adjacent to an activating group) is 1. The molecule has 0 aliphatic carbocycles. The number of aromatic nitrogens is 2.